The summed E-state index contributed by atoms with van der Waals surface area (Å²) < 4.78 is 5.78. The molecule has 9 heteroatoms. The summed E-state index contributed by atoms with van der Waals surface area (Å²) in [6, 6.07) is 14.5. The van der Waals surface area contributed by atoms with Gasteiger partial charge in [-0.25, -0.2) is 4.99 Å². The summed E-state index contributed by atoms with van der Waals surface area (Å²) >= 11 is 6.54. The Morgan fingerprint density at radius 3 is 2.67 bits per heavy atom. The first kappa shape index (κ1) is 25.1. The minimum atomic E-state index is -0.630. The number of para-hydroxylation sites is 2. The van der Waals surface area contributed by atoms with Crippen molar-refractivity contribution in [2.45, 2.75) is 26.8 Å². The second-order valence-corrected chi connectivity index (χ2v) is 8.64. The smallest absolute Gasteiger partial charge is 0.302 e. The van der Waals surface area contributed by atoms with E-state index >= 15 is 0 Å². The summed E-state index contributed by atoms with van der Waals surface area (Å²) in [6.45, 7) is 6.08. The van der Waals surface area contributed by atoms with E-state index in [1.807, 2.05) is 93.5 Å². The van der Waals surface area contributed by atoms with Crippen LogP contribution in [0.25, 0.3) is 11.1 Å². The maximum atomic E-state index is 13.5. The zero-order chi connectivity index (χ0) is 25.7. The number of oxazole rings is 1. The van der Waals surface area contributed by atoms with E-state index < -0.39 is 6.04 Å². The largest absolute Gasteiger partial charge is 0.423 e. The number of benzene rings is 2. The topological polar surface area (TPSA) is 94.8 Å². The fourth-order valence-corrected chi connectivity index (χ4v) is 4.24. The quantitative estimate of drug-likeness (QED) is 0.401. The number of halogens is 1. The van der Waals surface area contributed by atoms with Crippen molar-refractivity contribution in [1.82, 2.24) is 20.5 Å². The number of guanidine groups is 1. The fraction of sp³-hybridized carbons (Fsp3) is 0.222. The molecular formula is C27H29ClN6O2. The average Bonchev–Trinajstić information content (AvgIpc) is 3.26. The number of anilines is 1. The molecule has 1 atom stereocenters. The predicted octanol–water partition coefficient (Wildman–Crippen LogP) is 5.35. The van der Waals surface area contributed by atoms with E-state index in [2.05, 4.69) is 20.9 Å². The number of amides is 1. The number of nitrogens with zero attached hydrogens (tertiary/aromatic N) is 3. The van der Waals surface area contributed by atoms with Crippen LogP contribution in [0.5, 0.6) is 0 Å². The zero-order valence-electron chi connectivity index (χ0n) is 20.7. The van der Waals surface area contributed by atoms with Gasteiger partial charge in [0, 0.05) is 29.0 Å². The number of carbonyl (C=O) groups is 1. The van der Waals surface area contributed by atoms with Gasteiger partial charge in [0.05, 0.1) is 12.1 Å². The Hall–Kier alpha value is -4.04. The molecule has 2 aromatic carbocycles. The molecule has 0 bridgehead atoms. The minimum absolute atomic E-state index is 0.234. The van der Waals surface area contributed by atoms with Gasteiger partial charge in [0.1, 0.15) is 11.6 Å². The summed E-state index contributed by atoms with van der Waals surface area (Å²) in [6.07, 6.45) is 5.85. The molecule has 0 spiro atoms. The third-order valence-corrected chi connectivity index (χ3v) is 6.14. The van der Waals surface area contributed by atoms with Gasteiger partial charge in [-0.3, -0.25) is 10.1 Å². The highest BCUT2D eigenvalue weighted by Gasteiger charge is 2.31. The van der Waals surface area contributed by atoms with Crippen LogP contribution in [0.1, 0.15) is 32.4 Å². The molecule has 36 heavy (non-hydrogen) atoms. The monoisotopic (exact) mass is 504 g/mol. The first-order valence-corrected chi connectivity index (χ1v) is 12.0. The third kappa shape index (κ3) is 5.44. The van der Waals surface area contributed by atoms with Crippen molar-refractivity contribution in [3.8, 4) is 0 Å². The molecule has 186 valence electrons. The van der Waals surface area contributed by atoms with Crippen molar-refractivity contribution < 1.29 is 9.21 Å². The van der Waals surface area contributed by atoms with Crippen LogP contribution in [0.3, 0.4) is 0 Å². The fourth-order valence-electron chi connectivity index (χ4n) is 4.00. The molecule has 8 nitrogen and oxygen atoms in total. The molecule has 1 amide bonds. The Balaban J connectivity index is 1.62. The minimum Gasteiger partial charge on any atom is -0.423 e. The summed E-state index contributed by atoms with van der Waals surface area (Å²) in [5.41, 5.74) is 4.20. The second kappa shape index (κ2) is 11.1. The number of carbonyl (C=O) groups excluding carboxylic acids is 1. The highest BCUT2D eigenvalue weighted by atomic mass is 35.5. The van der Waals surface area contributed by atoms with E-state index in [0.29, 0.717) is 40.4 Å². The van der Waals surface area contributed by atoms with Crippen molar-refractivity contribution in [2.24, 2.45) is 4.99 Å². The van der Waals surface area contributed by atoms with Gasteiger partial charge in [0.2, 0.25) is 5.96 Å². The zero-order valence-corrected chi connectivity index (χ0v) is 21.4. The number of likely N-dealkylation sites (N-methyl/N-ethyl adjacent to an activating group) is 1. The lowest BCUT2D eigenvalue weighted by Crippen LogP contribution is -2.40. The van der Waals surface area contributed by atoms with E-state index in [4.69, 9.17) is 21.0 Å². The van der Waals surface area contributed by atoms with E-state index in [1.54, 1.807) is 6.07 Å². The Morgan fingerprint density at radius 2 is 1.94 bits per heavy atom. The molecule has 1 unspecified atom stereocenters. The first-order chi connectivity index (χ1) is 17.4. The molecule has 1 aromatic heterocycles. The number of hydrogen-bond donors (Lipinski definition) is 3. The molecule has 0 saturated heterocycles. The molecule has 0 saturated carbocycles. The first-order valence-electron chi connectivity index (χ1n) is 11.6. The van der Waals surface area contributed by atoms with Crippen molar-refractivity contribution >= 4 is 40.6 Å². The van der Waals surface area contributed by atoms with Crippen LogP contribution < -0.4 is 16.0 Å². The van der Waals surface area contributed by atoms with E-state index in [1.165, 1.54) is 0 Å². The van der Waals surface area contributed by atoms with E-state index in [0.717, 1.165) is 16.8 Å². The van der Waals surface area contributed by atoms with Gasteiger partial charge in [-0.15, -0.1) is 0 Å². The number of aliphatic imine (C=N–C) groups is 1. The molecule has 0 aliphatic carbocycles. The van der Waals surface area contributed by atoms with Crippen LogP contribution in [0.4, 0.5) is 6.01 Å². The summed E-state index contributed by atoms with van der Waals surface area (Å²) in [5, 5.41) is 9.83. The molecule has 0 fully saturated rings. The molecule has 0 radical (unpaired) electrons. The lowest BCUT2D eigenvalue weighted by atomic mass is 9.95. The molecule has 1 aliphatic rings. The average molecular weight is 505 g/mol. The van der Waals surface area contributed by atoms with E-state index in [9.17, 15) is 4.79 Å². The lowest BCUT2D eigenvalue weighted by Gasteiger charge is -2.27. The Kier molecular flexibility index (Phi) is 7.75. The molecule has 3 N–H and O–H groups in total. The van der Waals surface area contributed by atoms with Gasteiger partial charge >= 0.3 is 6.01 Å². The van der Waals surface area contributed by atoms with Crippen LogP contribution in [-0.4, -0.2) is 35.3 Å². The maximum absolute atomic E-state index is 13.5. The SMILES string of the molecule is C/C=C\N(C)/C(=C\C)CNC(=O)C1=C(C)NC(Nc2nc3ccccc3o2)=NC1c1ccccc1Cl. The van der Waals surface area contributed by atoms with Gasteiger partial charge in [0.15, 0.2) is 5.58 Å². The van der Waals surface area contributed by atoms with Crippen molar-refractivity contribution in [2.75, 3.05) is 18.9 Å². The van der Waals surface area contributed by atoms with Crippen molar-refractivity contribution in [3.63, 3.8) is 0 Å². The Labute approximate surface area is 215 Å². The van der Waals surface area contributed by atoms with Crippen LogP contribution in [0.2, 0.25) is 5.02 Å². The Bertz CT molecular complexity index is 1350. The predicted molar refractivity (Wildman–Crippen MR) is 144 cm³/mol. The van der Waals surface area contributed by atoms with Gasteiger partial charge in [-0.2, -0.15) is 4.98 Å². The van der Waals surface area contributed by atoms with Crippen molar-refractivity contribution in [1.29, 1.82) is 0 Å². The number of hydrogen-bond acceptors (Lipinski definition) is 7. The number of aromatic nitrogens is 1. The number of nitrogens with one attached hydrogen (secondary N) is 3. The number of fused-ring (bicyclic) bond motifs is 1. The van der Waals surface area contributed by atoms with Crippen molar-refractivity contribution in [3.05, 3.63) is 94.4 Å². The summed E-state index contributed by atoms with van der Waals surface area (Å²) in [4.78, 5) is 24.7. The maximum Gasteiger partial charge on any atom is 0.302 e. The number of allylic oxidation sites excluding steroid dienone is 3. The highest BCUT2D eigenvalue weighted by molar-refractivity contribution is 6.31. The van der Waals surface area contributed by atoms with Crippen LogP contribution in [0, 0.1) is 0 Å². The van der Waals surface area contributed by atoms with Crippen LogP contribution >= 0.6 is 11.6 Å². The number of rotatable bonds is 7. The lowest BCUT2D eigenvalue weighted by molar-refractivity contribution is -0.117. The van der Waals surface area contributed by atoms with Gasteiger partial charge in [-0.05, 0) is 45.2 Å². The molecule has 1 aliphatic heterocycles. The van der Waals surface area contributed by atoms with Gasteiger partial charge in [-0.1, -0.05) is 54.1 Å². The highest BCUT2D eigenvalue weighted by Crippen LogP contribution is 2.35. The molecule has 3 aromatic rings. The van der Waals surface area contributed by atoms with E-state index in [-0.39, 0.29) is 5.91 Å². The van der Waals surface area contributed by atoms with Gasteiger partial charge in [0.25, 0.3) is 5.91 Å². The standard InChI is InChI=1S/C27H29ClN6O2/c1-5-15-34(4)18(6-2)16-29-25(35)23-17(3)30-26(32-24(23)19-11-7-8-12-20(19)28)33-27-31-21-13-9-10-14-22(21)36-27/h5-15,24H,16H2,1-4H3,(H,29,35)(H2,30,31,32,33)/b15-5-,18-6-. The molecular weight excluding hydrogens is 476 g/mol. The van der Waals surface area contributed by atoms with Crippen LogP contribution in [0.15, 0.2) is 93.3 Å². The Morgan fingerprint density at radius 1 is 1.19 bits per heavy atom. The third-order valence-electron chi connectivity index (χ3n) is 5.79. The molecule has 4 rings (SSSR count). The summed E-state index contributed by atoms with van der Waals surface area (Å²) in [5.74, 6) is 0.172. The van der Waals surface area contributed by atoms with Gasteiger partial charge < -0.3 is 20.0 Å². The normalized spacial score (nSPS) is 16.2. The van der Waals surface area contributed by atoms with Crippen LogP contribution in [-0.2, 0) is 4.79 Å². The molecule has 2 heterocycles. The second-order valence-electron chi connectivity index (χ2n) is 8.23. The summed E-state index contributed by atoms with van der Waals surface area (Å²) in [7, 11) is 1.94.